The standard InChI is InChI=1S/C7H12O3/c1-8-7(3-5-10-7)6-2-4-9-6/h6H,2-5H2,1H3. The van der Waals surface area contributed by atoms with E-state index in [1.54, 1.807) is 7.11 Å². The van der Waals surface area contributed by atoms with Gasteiger partial charge >= 0.3 is 0 Å². The zero-order valence-corrected chi connectivity index (χ0v) is 6.13. The summed E-state index contributed by atoms with van der Waals surface area (Å²) in [5.74, 6) is -0.363. The summed E-state index contributed by atoms with van der Waals surface area (Å²) in [5.41, 5.74) is 0. The van der Waals surface area contributed by atoms with Gasteiger partial charge < -0.3 is 14.2 Å². The molecule has 0 bridgehead atoms. The number of rotatable bonds is 2. The lowest BCUT2D eigenvalue weighted by atomic mass is 9.96. The molecule has 2 atom stereocenters. The predicted octanol–water partition coefficient (Wildman–Crippen LogP) is 0.538. The fourth-order valence-corrected chi connectivity index (χ4v) is 1.43. The van der Waals surface area contributed by atoms with Gasteiger partial charge in [0.1, 0.15) is 6.10 Å². The van der Waals surface area contributed by atoms with E-state index in [0.717, 1.165) is 26.1 Å². The average molecular weight is 144 g/mol. The summed E-state index contributed by atoms with van der Waals surface area (Å²) in [6.45, 7) is 1.67. The third-order valence-corrected chi connectivity index (χ3v) is 2.33. The Bertz CT molecular complexity index is 121. The summed E-state index contributed by atoms with van der Waals surface area (Å²) in [4.78, 5) is 0. The quantitative estimate of drug-likeness (QED) is 0.566. The molecule has 0 radical (unpaired) electrons. The second-order valence-corrected chi connectivity index (χ2v) is 2.76. The van der Waals surface area contributed by atoms with Crippen LogP contribution in [0.15, 0.2) is 0 Å². The fraction of sp³-hybridized carbons (Fsp3) is 1.00. The summed E-state index contributed by atoms with van der Waals surface area (Å²) in [5, 5.41) is 0. The van der Waals surface area contributed by atoms with Crippen LogP contribution < -0.4 is 0 Å². The van der Waals surface area contributed by atoms with E-state index in [9.17, 15) is 0 Å². The summed E-state index contributed by atoms with van der Waals surface area (Å²) < 4.78 is 15.8. The van der Waals surface area contributed by atoms with Crippen LogP contribution >= 0.6 is 0 Å². The van der Waals surface area contributed by atoms with Gasteiger partial charge in [0.25, 0.3) is 0 Å². The molecule has 0 spiro atoms. The van der Waals surface area contributed by atoms with E-state index in [-0.39, 0.29) is 11.9 Å². The van der Waals surface area contributed by atoms with Gasteiger partial charge in [0, 0.05) is 26.6 Å². The van der Waals surface area contributed by atoms with Gasteiger partial charge in [-0.15, -0.1) is 0 Å². The van der Waals surface area contributed by atoms with Crippen LogP contribution in [-0.4, -0.2) is 32.2 Å². The smallest absolute Gasteiger partial charge is 0.196 e. The van der Waals surface area contributed by atoms with Gasteiger partial charge in [-0.2, -0.15) is 0 Å². The van der Waals surface area contributed by atoms with Crippen molar-refractivity contribution in [1.82, 2.24) is 0 Å². The molecular formula is C7H12O3. The van der Waals surface area contributed by atoms with Crippen LogP contribution in [0.2, 0.25) is 0 Å². The Kier molecular flexibility index (Phi) is 1.44. The summed E-state index contributed by atoms with van der Waals surface area (Å²) in [6.07, 6.45) is 2.26. The first-order chi connectivity index (χ1) is 4.87. The Balaban J connectivity index is 1.96. The van der Waals surface area contributed by atoms with Crippen LogP contribution in [0.4, 0.5) is 0 Å². The molecule has 0 aliphatic carbocycles. The van der Waals surface area contributed by atoms with Crippen molar-refractivity contribution in [1.29, 1.82) is 0 Å². The van der Waals surface area contributed by atoms with Gasteiger partial charge in [0.2, 0.25) is 0 Å². The molecule has 0 amide bonds. The topological polar surface area (TPSA) is 27.7 Å². The average Bonchev–Trinajstić information content (AvgIpc) is 1.73. The maximum absolute atomic E-state index is 5.32. The maximum Gasteiger partial charge on any atom is 0.196 e. The van der Waals surface area contributed by atoms with E-state index in [1.807, 2.05) is 0 Å². The maximum atomic E-state index is 5.32. The first-order valence-corrected chi connectivity index (χ1v) is 3.68. The van der Waals surface area contributed by atoms with Gasteiger partial charge in [-0.1, -0.05) is 0 Å². The largest absolute Gasteiger partial charge is 0.372 e. The van der Waals surface area contributed by atoms with E-state index in [0.29, 0.717) is 0 Å². The molecule has 2 aliphatic heterocycles. The Morgan fingerprint density at radius 3 is 2.30 bits per heavy atom. The van der Waals surface area contributed by atoms with Crippen molar-refractivity contribution in [2.45, 2.75) is 24.7 Å². The molecule has 0 aromatic rings. The minimum atomic E-state index is -0.363. The Morgan fingerprint density at radius 1 is 1.50 bits per heavy atom. The van der Waals surface area contributed by atoms with Crippen LogP contribution in [0.1, 0.15) is 12.8 Å². The van der Waals surface area contributed by atoms with E-state index < -0.39 is 0 Å². The monoisotopic (exact) mass is 144 g/mol. The molecule has 0 N–H and O–H groups in total. The lowest BCUT2D eigenvalue weighted by Crippen LogP contribution is -2.59. The van der Waals surface area contributed by atoms with Crippen LogP contribution in [0, 0.1) is 0 Å². The molecule has 0 aromatic carbocycles. The highest BCUT2D eigenvalue weighted by Gasteiger charge is 2.49. The molecule has 2 heterocycles. The Labute approximate surface area is 60.3 Å². The number of hydrogen-bond donors (Lipinski definition) is 0. The molecule has 2 unspecified atom stereocenters. The molecule has 10 heavy (non-hydrogen) atoms. The van der Waals surface area contributed by atoms with Gasteiger partial charge in [-0.05, 0) is 0 Å². The van der Waals surface area contributed by atoms with Gasteiger partial charge in [0.05, 0.1) is 6.61 Å². The highest BCUT2D eigenvalue weighted by molar-refractivity contribution is 4.90. The zero-order valence-electron chi connectivity index (χ0n) is 6.13. The first-order valence-electron chi connectivity index (χ1n) is 3.68. The molecule has 3 nitrogen and oxygen atoms in total. The molecule has 2 saturated heterocycles. The second kappa shape index (κ2) is 2.19. The van der Waals surface area contributed by atoms with Gasteiger partial charge in [-0.3, -0.25) is 0 Å². The Hall–Kier alpha value is -0.120. The van der Waals surface area contributed by atoms with Crippen LogP contribution in [0.3, 0.4) is 0 Å². The molecule has 2 rings (SSSR count). The van der Waals surface area contributed by atoms with Gasteiger partial charge in [0.15, 0.2) is 5.79 Å². The summed E-state index contributed by atoms with van der Waals surface area (Å²) in [6, 6.07) is 0. The number of hydrogen-bond acceptors (Lipinski definition) is 3. The van der Waals surface area contributed by atoms with Crippen molar-refractivity contribution in [3.8, 4) is 0 Å². The second-order valence-electron chi connectivity index (χ2n) is 2.76. The first kappa shape index (κ1) is 6.58. The van der Waals surface area contributed by atoms with Crippen molar-refractivity contribution in [2.75, 3.05) is 20.3 Å². The Morgan fingerprint density at radius 2 is 2.20 bits per heavy atom. The van der Waals surface area contributed by atoms with Crippen molar-refractivity contribution in [3.05, 3.63) is 0 Å². The minimum Gasteiger partial charge on any atom is -0.372 e. The minimum absolute atomic E-state index is 0.200. The third-order valence-electron chi connectivity index (χ3n) is 2.33. The van der Waals surface area contributed by atoms with Gasteiger partial charge in [-0.25, -0.2) is 0 Å². The van der Waals surface area contributed by atoms with Crippen molar-refractivity contribution in [3.63, 3.8) is 0 Å². The predicted molar refractivity (Wildman–Crippen MR) is 34.7 cm³/mol. The highest BCUT2D eigenvalue weighted by atomic mass is 16.7. The lowest BCUT2D eigenvalue weighted by Gasteiger charge is -2.48. The number of ether oxygens (including phenoxy) is 3. The van der Waals surface area contributed by atoms with E-state index in [4.69, 9.17) is 14.2 Å². The molecule has 0 saturated carbocycles. The van der Waals surface area contributed by atoms with E-state index in [1.165, 1.54) is 0 Å². The third kappa shape index (κ3) is 0.713. The van der Waals surface area contributed by atoms with Crippen molar-refractivity contribution >= 4 is 0 Å². The van der Waals surface area contributed by atoms with Crippen molar-refractivity contribution in [2.24, 2.45) is 0 Å². The molecular weight excluding hydrogens is 132 g/mol. The molecule has 0 aromatic heterocycles. The summed E-state index contributed by atoms with van der Waals surface area (Å²) in [7, 11) is 1.68. The van der Waals surface area contributed by atoms with Crippen LogP contribution in [0.5, 0.6) is 0 Å². The molecule has 3 heteroatoms. The van der Waals surface area contributed by atoms with Crippen molar-refractivity contribution < 1.29 is 14.2 Å². The molecule has 58 valence electrons. The SMILES string of the molecule is COC1(C2CCO2)CCO1. The van der Waals surface area contributed by atoms with E-state index in [2.05, 4.69) is 0 Å². The van der Waals surface area contributed by atoms with Crippen LogP contribution in [0.25, 0.3) is 0 Å². The zero-order chi connectivity index (χ0) is 7.03. The normalized spacial score (nSPS) is 45.9. The number of methoxy groups -OCH3 is 1. The lowest BCUT2D eigenvalue weighted by molar-refractivity contribution is -0.363. The van der Waals surface area contributed by atoms with E-state index >= 15 is 0 Å². The van der Waals surface area contributed by atoms with Crippen LogP contribution in [-0.2, 0) is 14.2 Å². The highest BCUT2D eigenvalue weighted by Crippen LogP contribution is 2.37. The summed E-state index contributed by atoms with van der Waals surface area (Å²) >= 11 is 0. The molecule has 2 fully saturated rings. The molecule has 2 aliphatic rings. The fourth-order valence-electron chi connectivity index (χ4n) is 1.43.